The van der Waals surface area contributed by atoms with Crippen LogP contribution in [0.2, 0.25) is 0 Å². The second-order valence-electron chi connectivity index (χ2n) is 4.77. The van der Waals surface area contributed by atoms with Gasteiger partial charge in [-0.1, -0.05) is 31.5 Å². The minimum Gasteiger partial charge on any atom is -0.496 e. The fourth-order valence-electron chi connectivity index (χ4n) is 1.96. The molecule has 0 heterocycles. The van der Waals surface area contributed by atoms with E-state index in [4.69, 9.17) is 4.74 Å². The standard InChI is InChI=1S/C14H20O3/c1-9(2)7-12(14(15)16)11-8-10(3)5-6-13(11)17-4/h5-6,8-9,12H,7H2,1-4H3,(H,15,16). The van der Waals surface area contributed by atoms with Crippen molar-refractivity contribution in [3.8, 4) is 5.75 Å². The molecule has 0 saturated carbocycles. The Morgan fingerprint density at radius 1 is 1.41 bits per heavy atom. The van der Waals surface area contributed by atoms with Gasteiger partial charge in [0, 0.05) is 5.56 Å². The molecule has 0 radical (unpaired) electrons. The Balaban J connectivity index is 3.16. The highest BCUT2D eigenvalue weighted by molar-refractivity contribution is 5.77. The number of methoxy groups -OCH3 is 1. The molecule has 0 saturated heterocycles. The molecule has 1 aromatic rings. The highest BCUT2D eigenvalue weighted by atomic mass is 16.5. The minimum absolute atomic E-state index is 0.335. The van der Waals surface area contributed by atoms with Gasteiger partial charge in [0.15, 0.2) is 0 Å². The van der Waals surface area contributed by atoms with Gasteiger partial charge < -0.3 is 9.84 Å². The topological polar surface area (TPSA) is 46.5 Å². The Morgan fingerprint density at radius 3 is 2.53 bits per heavy atom. The largest absolute Gasteiger partial charge is 0.496 e. The SMILES string of the molecule is COc1ccc(C)cc1C(CC(C)C)C(=O)O. The third-order valence-corrected chi connectivity index (χ3v) is 2.77. The summed E-state index contributed by atoms with van der Waals surface area (Å²) in [6.45, 7) is 6.01. The molecule has 0 amide bonds. The summed E-state index contributed by atoms with van der Waals surface area (Å²) in [5.74, 6) is -0.294. The quantitative estimate of drug-likeness (QED) is 0.853. The van der Waals surface area contributed by atoms with E-state index < -0.39 is 11.9 Å². The molecule has 0 aliphatic carbocycles. The summed E-state index contributed by atoms with van der Waals surface area (Å²) in [6.07, 6.45) is 0.620. The maximum atomic E-state index is 11.4. The second kappa shape index (κ2) is 5.71. The molecule has 94 valence electrons. The van der Waals surface area contributed by atoms with Crippen molar-refractivity contribution in [2.75, 3.05) is 7.11 Å². The zero-order valence-corrected chi connectivity index (χ0v) is 10.9. The summed E-state index contributed by atoms with van der Waals surface area (Å²) < 4.78 is 5.25. The maximum Gasteiger partial charge on any atom is 0.311 e. The first-order valence-electron chi connectivity index (χ1n) is 5.83. The zero-order valence-electron chi connectivity index (χ0n) is 10.9. The summed E-state index contributed by atoms with van der Waals surface area (Å²) in [4.78, 5) is 11.4. The number of hydrogen-bond acceptors (Lipinski definition) is 2. The predicted molar refractivity (Wildman–Crippen MR) is 67.6 cm³/mol. The fraction of sp³-hybridized carbons (Fsp3) is 0.500. The summed E-state index contributed by atoms with van der Waals surface area (Å²) in [7, 11) is 1.57. The van der Waals surface area contributed by atoms with Gasteiger partial charge in [-0.25, -0.2) is 0 Å². The molecule has 3 nitrogen and oxygen atoms in total. The van der Waals surface area contributed by atoms with Crippen LogP contribution in [0.3, 0.4) is 0 Å². The lowest BCUT2D eigenvalue weighted by molar-refractivity contribution is -0.139. The number of hydrogen-bond donors (Lipinski definition) is 1. The molecule has 0 aliphatic heterocycles. The van der Waals surface area contributed by atoms with E-state index in [1.165, 1.54) is 0 Å². The molecule has 3 heteroatoms. The lowest BCUT2D eigenvalue weighted by Gasteiger charge is -2.18. The Hall–Kier alpha value is -1.51. The third kappa shape index (κ3) is 3.48. The molecule has 0 spiro atoms. The van der Waals surface area contributed by atoms with Crippen molar-refractivity contribution in [2.24, 2.45) is 5.92 Å². The average Bonchev–Trinajstić information content (AvgIpc) is 2.25. The smallest absolute Gasteiger partial charge is 0.311 e. The van der Waals surface area contributed by atoms with Crippen molar-refractivity contribution < 1.29 is 14.6 Å². The number of carbonyl (C=O) groups is 1. The predicted octanol–water partition coefficient (Wildman–Crippen LogP) is 3.22. The van der Waals surface area contributed by atoms with Crippen LogP contribution in [0.5, 0.6) is 5.75 Å². The summed E-state index contributed by atoms with van der Waals surface area (Å²) in [6, 6.07) is 5.66. The van der Waals surface area contributed by atoms with E-state index in [1.807, 2.05) is 39.0 Å². The Morgan fingerprint density at radius 2 is 2.06 bits per heavy atom. The van der Waals surface area contributed by atoms with Crippen molar-refractivity contribution >= 4 is 5.97 Å². The van der Waals surface area contributed by atoms with Gasteiger partial charge in [0.2, 0.25) is 0 Å². The second-order valence-corrected chi connectivity index (χ2v) is 4.77. The summed E-state index contributed by atoms with van der Waals surface area (Å²) in [5, 5.41) is 9.33. The van der Waals surface area contributed by atoms with E-state index in [0.717, 1.165) is 11.1 Å². The van der Waals surface area contributed by atoms with Crippen molar-refractivity contribution in [2.45, 2.75) is 33.1 Å². The Labute approximate surface area is 102 Å². The van der Waals surface area contributed by atoms with E-state index in [0.29, 0.717) is 18.1 Å². The van der Waals surface area contributed by atoms with Gasteiger partial charge >= 0.3 is 5.97 Å². The first-order valence-corrected chi connectivity index (χ1v) is 5.83. The Kier molecular flexibility index (Phi) is 4.55. The molecule has 0 aromatic heterocycles. The van der Waals surface area contributed by atoms with E-state index in [-0.39, 0.29) is 0 Å². The zero-order chi connectivity index (χ0) is 13.0. The fourth-order valence-corrected chi connectivity index (χ4v) is 1.96. The van der Waals surface area contributed by atoms with E-state index in [2.05, 4.69) is 0 Å². The molecular formula is C14H20O3. The van der Waals surface area contributed by atoms with Gasteiger partial charge in [-0.3, -0.25) is 4.79 Å². The lowest BCUT2D eigenvalue weighted by atomic mass is 9.89. The maximum absolute atomic E-state index is 11.4. The van der Waals surface area contributed by atoms with Crippen LogP contribution >= 0.6 is 0 Å². The molecule has 17 heavy (non-hydrogen) atoms. The van der Waals surface area contributed by atoms with Gasteiger partial charge in [0.25, 0.3) is 0 Å². The van der Waals surface area contributed by atoms with Crippen LogP contribution in [0, 0.1) is 12.8 Å². The average molecular weight is 236 g/mol. The number of aliphatic carboxylic acids is 1. The molecule has 1 unspecified atom stereocenters. The van der Waals surface area contributed by atoms with Crippen molar-refractivity contribution in [1.29, 1.82) is 0 Å². The van der Waals surface area contributed by atoms with E-state index in [9.17, 15) is 9.90 Å². The highest BCUT2D eigenvalue weighted by Crippen LogP contribution is 2.32. The van der Waals surface area contributed by atoms with Gasteiger partial charge in [0.1, 0.15) is 5.75 Å². The molecule has 0 fully saturated rings. The number of carboxylic acid groups (broad SMARTS) is 1. The van der Waals surface area contributed by atoms with Gasteiger partial charge in [0.05, 0.1) is 13.0 Å². The Bertz CT molecular complexity index is 396. The molecule has 1 atom stereocenters. The number of aryl methyl sites for hydroxylation is 1. The molecule has 1 aromatic carbocycles. The number of benzene rings is 1. The van der Waals surface area contributed by atoms with Crippen LogP contribution in [0.25, 0.3) is 0 Å². The van der Waals surface area contributed by atoms with Crippen molar-refractivity contribution in [3.05, 3.63) is 29.3 Å². The third-order valence-electron chi connectivity index (χ3n) is 2.77. The van der Waals surface area contributed by atoms with Gasteiger partial charge in [-0.15, -0.1) is 0 Å². The number of ether oxygens (including phenoxy) is 1. The summed E-state index contributed by atoms with van der Waals surface area (Å²) in [5.41, 5.74) is 1.82. The van der Waals surface area contributed by atoms with Crippen LogP contribution in [0.15, 0.2) is 18.2 Å². The summed E-state index contributed by atoms with van der Waals surface area (Å²) >= 11 is 0. The lowest BCUT2D eigenvalue weighted by Crippen LogP contribution is -2.15. The van der Waals surface area contributed by atoms with Crippen LogP contribution in [0.1, 0.15) is 37.3 Å². The minimum atomic E-state index is -0.789. The normalized spacial score (nSPS) is 12.5. The van der Waals surface area contributed by atoms with E-state index in [1.54, 1.807) is 7.11 Å². The number of carboxylic acids is 1. The van der Waals surface area contributed by atoms with E-state index >= 15 is 0 Å². The van der Waals surface area contributed by atoms with Crippen LogP contribution < -0.4 is 4.74 Å². The molecule has 0 aliphatic rings. The highest BCUT2D eigenvalue weighted by Gasteiger charge is 2.24. The molecule has 1 N–H and O–H groups in total. The van der Waals surface area contributed by atoms with Crippen LogP contribution in [-0.4, -0.2) is 18.2 Å². The van der Waals surface area contributed by atoms with Crippen molar-refractivity contribution in [3.63, 3.8) is 0 Å². The molecule has 1 rings (SSSR count). The molecular weight excluding hydrogens is 216 g/mol. The molecule has 0 bridgehead atoms. The van der Waals surface area contributed by atoms with Crippen LogP contribution in [0.4, 0.5) is 0 Å². The van der Waals surface area contributed by atoms with Crippen LogP contribution in [-0.2, 0) is 4.79 Å². The van der Waals surface area contributed by atoms with Gasteiger partial charge in [-0.05, 0) is 25.3 Å². The monoisotopic (exact) mass is 236 g/mol. The van der Waals surface area contributed by atoms with Gasteiger partial charge in [-0.2, -0.15) is 0 Å². The van der Waals surface area contributed by atoms with Crippen molar-refractivity contribution in [1.82, 2.24) is 0 Å². The number of rotatable bonds is 5. The first kappa shape index (κ1) is 13.6. The first-order chi connectivity index (χ1) is 7.95.